The number of phenols is 1. The Morgan fingerprint density at radius 3 is 2.67 bits per heavy atom. The number of nitrogens with one attached hydrogen (secondary N) is 1. The average molecular weight is 566 g/mol. The maximum Gasteiger partial charge on any atom is 0.216 e. The molecule has 0 amide bonds. The van der Waals surface area contributed by atoms with Crippen LogP contribution in [0.15, 0.2) is 41.5 Å². The summed E-state index contributed by atoms with van der Waals surface area (Å²) in [7, 11) is 0. The molecule has 3 rings (SSSR count). The second kappa shape index (κ2) is 7.27. The zero-order chi connectivity index (χ0) is 17.3. The predicted octanol–water partition coefficient (Wildman–Crippen LogP) is 4.54. The summed E-state index contributed by atoms with van der Waals surface area (Å²) in [4.78, 5) is 0. The summed E-state index contributed by atoms with van der Waals surface area (Å²) in [5, 5.41) is 21.2. The first-order chi connectivity index (χ1) is 11.5. The Morgan fingerprint density at radius 2 is 1.96 bits per heavy atom. The third-order valence-corrected chi connectivity index (χ3v) is 4.83. The molecule has 1 aromatic heterocycles. The Morgan fingerprint density at radius 1 is 1.25 bits per heavy atom. The molecule has 0 saturated carbocycles. The SMILES string of the molecule is Oc1c(I)cc(I)cc1C=Nn1c(-c2ccc(F)cc2)n[nH]c1=S. The summed E-state index contributed by atoms with van der Waals surface area (Å²) in [5.41, 5.74) is 1.24. The van der Waals surface area contributed by atoms with Crippen LogP contribution in [0.5, 0.6) is 5.75 Å². The number of benzene rings is 2. The molecule has 0 fully saturated rings. The van der Waals surface area contributed by atoms with E-state index in [9.17, 15) is 9.50 Å². The summed E-state index contributed by atoms with van der Waals surface area (Å²) in [5.74, 6) is 0.274. The van der Waals surface area contributed by atoms with Gasteiger partial charge in [0.05, 0.1) is 9.78 Å². The summed E-state index contributed by atoms with van der Waals surface area (Å²) in [6.07, 6.45) is 1.51. The Hall–Kier alpha value is -1.34. The third-order valence-electron chi connectivity index (χ3n) is 3.12. The van der Waals surface area contributed by atoms with E-state index in [2.05, 4.69) is 60.5 Å². The molecule has 0 bridgehead atoms. The average Bonchev–Trinajstić information content (AvgIpc) is 2.91. The quantitative estimate of drug-likeness (QED) is 0.278. The normalized spacial score (nSPS) is 11.3. The van der Waals surface area contributed by atoms with Crippen LogP contribution >= 0.6 is 57.4 Å². The van der Waals surface area contributed by atoms with Crippen LogP contribution in [-0.2, 0) is 0 Å². The Labute approximate surface area is 168 Å². The molecule has 0 aliphatic carbocycles. The number of aromatic amines is 1. The number of aromatic hydroxyl groups is 1. The minimum atomic E-state index is -0.332. The molecule has 0 aliphatic heterocycles. The van der Waals surface area contributed by atoms with Gasteiger partial charge < -0.3 is 5.11 Å². The van der Waals surface area contributed by atoms with E-state index in [4.69, 9.17) is 12.2 Å². The van der Waals surface area contributed by atoms with Crippen LogP contribution < -0.4 is 0 Å². The Balaban J connectivity index is 2.04. The third kappa shape index (κ3) is 3.67. The molecule has 2 N–H and O–H groups in total. The van der Waals surface area contributed by atoms with Crippen LogP contribution in [0, 0.1) is 17.7 Å². The van der Waals surface area contributed by atoms with Crippen molar-refractivity contribution in [3.05, 3.63) is 59.7 Å². The van der Waals surface area contributed by atoms with Gasteiger partial charge in [-0.15, -0.1) is 0 Å². The monoisotopic (exact) mass is 566 g/mol. The number of aromatic nitrogens is 3. The van der Waals surface area contributed by atoms with Crippen LogP contribution in [-0.4, -0.2) is 26.2 Å². The fraction of sp³-hybridized carbons (Fsp3) is 0. The highest BCUT2D eigenvalue weighted by atomic mass is 127. The van der Waals surface area contributed by atoms with Crippen molar-refractivity contribution >= 4 is 63.6 Å². The van der Waals surface area contributed by atoms with Gasteiger partial charge in [-0.1, -0.05) is 0 Å². The van der Waals surface area contributed by atoms with E-state index in [0.717, 1.165) is 7.14 Å². The molecule has 24 heavy (non-hydrogen) atoms. The lowest BCUT2D eigenvalue weighted by molar-refractivity contribution is 0.470. The van der Waals surface area contributed by atoms with E-state index in [1.807, 2.05) is 12.1 Å². The maximum atomic E-state index is 13.1. The standard InChI is InChI=1S/C15H9FI2N4OS/c16-10-3-1-8(2-4-10)14-20-21-15(24)22(14)19-7-9-5-11(17)6-12(18)13(9)23/h1-7,23H,(H,21,24). The van der Waals surface area contributed by atoms with Crippen molar-refractivity contribution in [2.75, 3.05) is 0 Å². The maximum absolute atomic E-state index is 13.1. The summed E-state index contributed by atoms with van der Waals surface area (Å²) >= 11 is 9.41. The van der Waals surface area contributed by atoms with Crippen molar-refractivity contribution in [2.24, 2.45) is 5.10 Å². The molecule has 0 aliphatic rings. The first kappa shape index (κ1) is 17.5. The molecule has 0 saturated heterocycles. The van der Waals surface area contributed by atoms with Crippen molar-refractivity contribution < 1.29 is 9.50 Å². The number of phenolic OH excluding ortho intramolecular Hbond substituents is 1. The first-order valence-corrected chi connectivity index (χ1v) is 9.18. The van der Waals surface area contributed by atoms with Crippen LogP contribution in [0.1, 0.15) is 5.56 Å². The summed E-state index contributed by atoms with van der Waals surface area (Å²) < 4.78 is 16.5. The molecule has 5 nitrogen and oxygen atoms in total. The molecule has 1 heterocycles. The molecule has 0 spiro atoms. The van der Waals surface area contributed by atoms with Gasteiger partial charge in [-0.25, -0.2) is 9.49 Å². The van der Waals surface area contributed by atoms with E-state index < -0.39 is 0 Å². The van der Waals surface area contributed by atoms with E-state index in [-0.39, 0.29) is 11.6 Å². The van der Waals surface area contributed by atoms with Gasteiger partial charge in [-0.2, -0.15) is 14.9 Å². The van der Waals surface area contributed by atoms with Crippen molar-refractivity contribution in [1.82, 2.24) is 14.9 Å². The fourth-order valence-corrected chi connectivity index (χ4v) is 4.06. The number of rotatable bonds is 3. The summed E-state index contributed by atoms with van der Waals surface area (Å²) in [6.45, 7) is 0. The lowest BCUT2D eigenvalue weighted by Gasteiger charge is -2.04. The second-order valence-corrected chi connectivity index (χ2v) is 7.54. The van der Waals surface area contributed by atoms with Gasteiger partial charge in [-0.3, -0.25) is 0 Å². The number of halogens is 3. The van der Waals surface area contributed by atoms with Crippen molar-refractivity contribution in [3.63, 3.8) is 0 Å². The van der Waals surface area contributed by atoms with E-state index in [1.165, 1.54) is 23.0 Å². The van der Waals surface area contributed by atoms with E-state index in [0.29, 0.717) is 21.7 Å². The molecular weight excluding hydrogens is 557 g/mol. The van der Waals surface area contributed by atoms with Crippen LogP contribution in [0.4, 0.5) is 4.39 Å². The molecule has 0 unspecified atom stereocenters. The zero-order valence-corrected chi connectivity index (χ0v) is 17.0. The van der Waals surface area contributed by atoms with Gasteiger partial charge >= 0.3 is 0 Å². The van der Waals surface area contributed by atoms with Crippen molar-refractivity contribution in [2.45, 2.75) is 0 Å². The van der Waals surface area contributed by atoms with Gasteiger partial charge in [0, 0.05) is 14.7 Å². The topological polar surface area (TPSA) is 66.2 Å². The second-order valence-electron chi connectivity index (χ2n) is 4.74. The molecule has 2 aromatic carbocycles. The zero-order valence-electron chi connectivity index (χ0n) is 11.9. The lowest BCUT2D eigenvalue weighted by Crippen LogP contribution is -1.96. The molecule has 122 valence electrons. The highest BCUT2D eigenvalue weighted by molar-refractivity contribution is 14.1. The Bertz CT molecular complexity index is 982. The van der Waals surface area contributed by atoms with E-state index >= 15 is 0 Å². The van der Waals surface area contributed by atoms with E-state index in [1.54, 1.807) is 12.1 Å². The van der Waals surface area contributed by atoms with Gasteiger partial charge in [-0.05, 0) is 93.8 Å². The molecular formula is C15H9FI2N4OS. The number of H-pyrrole nitrogens is 1. The highest BCUT2D eigenvalue weighted by Gasteiger charge is 2.09. The highest BCUT2D eigenvalue weighted by Crippen LogP contribution is 2.26. The smallest absolute Gasteiger partial charge is 0.216 e. The van der Waals surface area contributed by atoms with Gasteiger partial charge in [0.1, 0.15) is 11.6 Å². The van der Waals surface area contributed by atoms with Crippen molar-refractivity contribution in [3.8, 4) is 17.1 Å². The van der Waals surface area contributed by atoms with Crippen LogP contribution in [0.2, 0.25) is 0 Å². The van der Waals surface area contributed by atoms with Gasteiger partial charge in [0.25, 0.3) is 0 Å². The number of hydrogen-bond donors (Lipinski definition) is 2. The Kier molecular flexibility index (Phi) is 5.30. The molecule has 0 atom stereocenters. The predicted molar refractivity (Wildman–Crippen MR) is 109 cm³/mol. The lowest BCUT2D eigenvalue weighted by atomic mass is 10.2. The minimum absolute atomic E-state index is 0.151. The minimum Gasteiger partial charge on any atom is -0.506 e. The van der Waals surface area contributed by atoms with Gasteiger partial charge in [0.15, 0.2) is 5.82 Å². The number of nitrogens with zero attached hydrogens (tertiary/aromatic N) is 3. The molecule has 3 aromatic rings. The number of hydrogen-bond acceptors (Lipinski definition) is 4. The van der Waals surface area contributed by atoms with Gasteiger partial charge in [0.2, 0.25) is 4.77 Å². The van der Waals surface area contributed by atoms with Crippen LogP contribution in [0.25, 0.3) is 11.4 Å². The van der Waals surface area contributed by atoms with Crippen molar-refractivity contribution in [1.29, 1.82) is 0 Å². The molecule has 0 radical (unpaired) electrons. The van der Waals surface area contributed by atoms with Crippen LogP contribution in [0.3, 0.4) is 0 Å². The molecule has 9 heteroatoms. The summed E-state index contributed by atoms with van der Waals surface area (Å²) in [6, 6.07) is 9.55. The first-order valence-electron chi connectivity index (χ1n) is 6.61. The largest absolute Gasteiger partial charge is 0.506 e. The fourth-order valence-electron chi connectivity index (χ4n) is 1.99.